The molecule has 0 spiro atoms. The molecule has 1 saturated heterocycles. The Bertz CT molecular complexity index is 898. The lowest BCUT2D eigenvalue weighted by atomic mass is 9.57. The predicted molar refractivity (Wildman–Crippen MR) is 120 cm³/mol. The van der Waals surface area contributed by atoms with Crippen molar-refractivity contribution in [2.24, 2.45) is 35.5 Å². The molecule has 7 nitrogen and oxygen atoms in total. The van der Waals surface area contributed by atoms with Crippen molar-refractivity contribution in [2.45, 2.75) is 65.5 Å². The van der Waals surface area contributed by atoms with Crippen molar-refractivity contribution in [2.75, 3.05) is 0 Å². The number of aliphatic hydroxyl groups excluding tert-OH is 1. The summed E-state index contributed by atoms with van der Waals surface area (Å²) in [6, 6.07) is -1.19. The molecule has 1 saturated carbocycles. The number of rotatable bonds is 5. The molecule has 1 heterocycles. The number of allylic oxidation sites excluding steroid dienone is 5. The smallest absolute Gasteiger partial charge is 0.335 e. The Morgan fingerprint density at radius 2 is 1.88 bits per heavy atom. The lowest BCUT2D eigenvalue weighted by Crippen LogP contribution is -2.43. The fourth-order valence-electron chi connectivity index (χ4n) is 5.98. The molecule has 3 aliphatic rings. The molecule has 0 aromatic heterocycles. The summed E-state index contributed by atoms with van der Waals surface area (Å²) in [5, 5.41) is 33.2. The number of nitrogens with one attached hydrogen (secondary N) is 1. The summed E-state index contributed by atoms with van der Waals surface area (Å²) >= 11 is 0. The molecule has 1 amide bonds. The molecular weight excluding hydrogens is 410 g/mol. The highest BCUT2D eigenvalue weighted by Gasteiger charge is 2.49. The zero-order valence-corrected chi connectivity index (χ0v) is 19.5. The third kappa shape index (κ3) is 4.27. The number of ketones is 1. The SMILES string of the molecule is C/C=C(\C)[C@H]1C=C[C@H]2C[C@H](C)C[C@H](C)[C@@H]2[C@@H]1C(O)=C1C(=O)N[C@@H](C[C@](C)(O)C(=O)O)C1=O. The van der Waals surface area contributed by atoms with Crippen LogP contribution in [0.5, 0.6) is 0 Å². The summed E-state index contributed by atoms with van der Waals surface area (Å²) < 4.78 is 0. The van der Waals surface area contributed by atoms with Gasteiger partial charge >= 0.3 is 5.97 Å². The van der Waals surface area contributed by atoms with Crippen LogP contribution in [0.25, 0.3) is 0 Å². The van der Waals surface area contributed by atoms with Crippen molar-refractivity contribution in [3.8, 4) is 0 Å². The van der Waals surface area contributed by atoms with Gasteiger partial charge in [0, 0.05) is 18.3 Å². The first-order chi connectivity index (χ1) is 14.9. The number of carbonyl (C=O) groups is 3. The first-order valence-electron chi connectivity index (χ1n) is 11.4. The van der Waals surface area contributed by atoms with E-state index in [1.165, 1.54) is 0 Å². The van der Waals surface area contributed by atoms with E-state index in [1.807, 2.05) is 19.9 Å². The lowest BCUT2D eigenvalue weighted by molar-refractivity contribution is -0.158. The molecule has 0 unspecified atom stereocenters. The summed E-state index contributed by atoms with van der Waals surface area (Å²) in [6.07, 6.45) is 7.85. The summed E-state index contributed by atoms with van der Waals surface area (Å²) in [5.41, 5.74) is -1.41. The van der Waals surface area contributed by atoms with E-state index < -0.39 is 41.6 Å². The van der Waals surface area contributed by atoms with E-state index >= 15 is 0 Å². The second-order valence-electron chi connectivity index (χ2n) is 10.2. The number of carbonyl (C=O) groups excluding carboxylic acids is 2. The fraction of sp³-hybridized carbons (Fsp3) is 0.640. The molecule has 0 bridgehead atoms. The monoisotopic (exact) mass is 445 g/mol. The Hall–Kier alpha value is -2.41. The maximum Gasteiger partial charge on any atom is 0.335 e. The van der Waals surface area contributed by atoms with Gasteiger partial charge in [-0.15, -0.1) is 0 Å². The van der Waals surface area contributed by atoms with Crippen molar-refractivity contribution in [3.63, 3.8) is 0 Å². The highest BCUT2D eigenvalue weighted by molar-refractivity contribution is 6.27. The van der Waals surface area contributed by atoms with Crippen molar-refractivity contribution in [3.05, 3.63) is 35.1 Å². The normalized spacial score (nSPS) is 38.7. The maximum atomic E-state index is 13.1. The van der Waals surface area contributed by atoms with Crippen LogP contribution in [0.4, 0.5) is 0 Å². The van der Waals surface area contributed by atoms with Gasteiger partial charge in [0.05, 0.1) is 6.04 Å². The maximum absolute atomic E-state index is 13.1. The van der Waals surface area contributed by atoms with Crippen LogP contribution >= 0.6 is 0 Å². The average Bonchev–Trinajstić information content (AvgIpc) is 2.98. The molecule has 1 aliphatic heterocycles. The number of hydrogen-bond donors (Lipinski definition) is 4. The Labute approximate surface area is 189 Å². The lowest BCUT2D eigenvalue weighted by Gasteiger charge is -2.47. The number of carboxylic acids is 1. The molecule has 7 heteroatoms. The van der Waals surface area contributed by atoms with E-state index in [9.17, 15) is 29.7 Å². The molecule has 2 aliphatic carbocycles. The molecule has 4 N–H and O–H groups in total. The zero-order valence-electron chi connectivity index (χ0n) is 19.5. The van der Waals surface area contributed by atoms with Gasteiger partial charge in [0.25, 0.3) is 5.91 Å². The summed E-state index contributed by atoms with van der Waals surface area (Å²) in [5.74, 6) is -2.39. The van der Waals surface area contributed by atoms with Crippen LogP contribution < -0.4 is 5.32 Å². The average molecular weight is 446 g/mol. The molecule has 0 aromatic carbocycles. The van der Waals surface area contributed by atoms with Gasteiger partial charge in [-0.1, -0.05) is 37.6 Å². The largest absolute Gasteiger partial charge is 0.511 e. The summed E-state index contributed by atoms with van der Waals surface area (Å²) in [4.78, 5) is 37.1. The summed E-state index contributed by atoms with van der Waals surface area (Å²) in [7, 11) is 0. The minimum Gasteiger partial charge on any atom is -0.511 e. The van der Waals surface area contributed by atoms with E-state index in [2.05, 4.69) is 31.3 Å². The Morgan fingerprint density at radius 3 is 2.47 bits per heavy atom. The third-order valence-electron chi connectivity index (χ3n) is 7.68. The number of amides is 1. The molecule has 8 atom stereocenters. The quantitative estimate of drug-likeness (QED) is 0.223. The summed E-state index contributed by atoms with van der Waals surface area (Å²) in [6.45, 7) is 9.40. The van der Waals surface area contributed by atoms with Crippen LogP contribution in [0.2, 0.25) is 0 Å². The molecule has 0 aromatic rings. The Balaban J connectivity index is 2.04. The van der Waals surface area contributed by atoms with E-state index in [1.54, 1.807) is 0 Å². The second kappa shape index (κ2) is 8.85. The van der Waals surface area contributed by atoms with E-state index in [-0.39, 0.29) is 29.1 Å². The Morgan fingerprint density at radius 1 is 1.22 bits per heavy atom. The predicted octanol–water partition coefficient (Wildman–Crippen LogP) is 3.16. The van der Waals surface area contributed by atoms with Gasteiger partial charge in [0.2, 0.25) is 0 Å². The fourth-order valence-corrected chi connectivity index (χ4v) is 5.98. The third-order valence-corrected chi connectivity index (χ3v) is 7.68. The van der Waals surface area contributed by atoms with Gasteiger partial charge in [-0.05, 0) is 57.3 Å². The van der Waals surface area contributed by atoms with Crippen molar-refractivity contribution >= 4 is 17.7 Å². The minimum atomic E-state index is -2.17. The van der Waals surface area contributed by atoms with Crippen LogP contribution in [0, 0.1) is 35.5 Å². The first-order valence-corrected chi connectivity index (χ1v) is 11.4. The van der Waals surface area contributed by atoms with Crippen molar-refractivity contribution in [1.82, 2.24) is 5.32 Å². The minimum absolute atomic E-state index is 0.0883. The topological polar surface area (TPSA) is 124 Å². The van der Waals surface area contributed by atoms with Crippen molar-refractivity contribution in [1.29, 1.82) is 0 Å². The van der Waals surface area contributed by atoms with Gasteiger partial charge in [0.1, 0.15) is 11.3 Å². The number of fused-ring (bicyclic) bond motifs is 1. The molecule has 2 fully saturated rings. The van der Waals surface area contributed by atoms with Gasteiger partial charge < -0.3 is 20.6 Å². The van der Waals surface area contributed by atoms with Crippen LogP contribution in [-0.2, 0) is 14.4 Å². The van der Waals surface area contributed by atoms with E-state index in [4.69, 9.17) is 0 Å². The Kier molecular flexibility index (Phi) is 6.70. The van der Waals surface area contributed by atoms with E-state index in [0.29, 0.717) is 11.8 Å². The zero-order chi connectivity index (χ0) is 24.0. The highest BCUT2D eigenvalue weighted by Crippen LogP contribution is 2.51. The highest BCUT2D eigenvalue weighted by atomic mass is 16.4. The van der Waals surface area contributed by atoms with Gasteiger partial charge in [0.15, 0.2) is 11.4 Å². The number of aliphatic hydroxyl groups is 2. The second-order valence-corrected chi connectivity index (χ2v) is 10.2. The van der Waals surface area contributed by atoms with Crippen LogP contribution in [-0.4, -0.2) is 44.6 Å². The molecule has 0 radical (unpaired) electrons. The number of hydrogen-bond acceptors (Lipinski definition) is 5. The molecular formula is C25H35NO6. The van der Waals surface area contributed by atoms with Gasteiger partial charge in [-0.3, -0.25) is 9.59 Å². The van der Waals surface area contributed by atoms with Crippen molar-refractivity contribution < 1.29 is 29.7 Å². The standard InChI is InChI=1S/C25H35NO6/c1-6-13(3)16-8-7-15-10-12(2)9-14(4)18(15)19(16)22(28)20-21(27)17(26-23(20)29)11-25(5,32)24(30)31/h6-8,12,14-19,28,32H,9-11H2,1-5H3,(H,26,29)(H,30,31)/b13-6+,22-20?/t12-,14+,15+,16-,17+,18+,19-,25+/m1/s1. The van der Waals surface area contributed by atoms with Crippen LogP contribution in [0.3, 0.4) is 0 Å². The van der Waals surface area contributed by atoms with E-state index in [0.717, 1.165) is 25.3 Å². The molecule has 32 heavy (non-hydrogen) atoms. The number of Topliss-reactive ketones (excluding diaryl/α,β-unsaturated/α-hetero) is 1. The number of carboxylic acid groups (broad SMARTS) is 1. The molecule has 176 valence electrons. The first kappa shape index (κ1) is 24.2. The van der Waals surface area contributed by atoms with Gasteiger partial charge in [-0.25, -0.2) is 4.79 Å². The van der Waals surface area contributed by atoms with Crippen LogP contribution in [0.15, 0.2) is 35.1 Å². The molecule has 3 rings (SSSR count). The van der Waals surface area contributed by atoms with Gasteiger partial charge in [-0.2, -0.15) is 0 Å². The van der Waals surface area contributed by atoms with Crippen LogP contribution in [0.1, 0.15) is 53.9 Å². The number of aliphatic carboxylic acids is 1.